The Hall–Kier alpha value is -0.720. The first-order chi connectivity index (χ1) is 7.50. The van der Waals surface area contributed by atoms with Crippen LogP contribution in [0.3, 0.4) is 0 Å². The molecule has 0 unspecified atom stereocenters. The molecule has 1 heterocycles. The van der Waals surface area contributed by atoms with E-state index in [9.17, 15) is 0 Å². The first kappa shape index (κ1) is 12.4. The topological polar surface area (TPSA) is 12.0 Å². The van der Waals surface area contributed by atoms with E-state index in [2.05, 4.69) is 29.7 Å². The first-order valence-corrected chi connectivity index (χ1v) is 6.53. The Kier molecular flexibility index (Phi) is 8.09. The Bertz CT molecular complexity index is 162. The molecule has 0 saturated carbocycles. The highest BCUT2D eigenvalue weighted by Gasteiger charge is 1.90. The molecular weight excluding hydrogens is 182 g/mol. The maximum absolute atomic E-state index is 3.34. The van der Waals surface area contributed by atoms with Gasteiger partial charge in [0.2, 0.25) is 0 Å². The molecule has 0 amide bonds. The fourth-order valence-corrected chi connectivity index (χ4v) is 1.86. The number of hydrogen-bond acceptors (Lipinski definition) is 1. The third-order valence-corrected chi connectivity index (χ3v) is 2.84. The Labute approximate surface area is 94.6 Å². The summed E-state index contributed by atoms with van der Waals surface area (Å²) < 4.78 is 0. The third kappa shape index (κ3) is 8.29. The molecule has 15 heavy (non-hydrogen) atoms. The zero-order valence-corrected chi connectivity index (χ0v) is 9.88. The summed E-state index contributed by atoms with van der Waals surface area (Å²) in [4.78, 5) is 0. The predicted octanol–water partition coefficient (Wildman–Crippen LogP) is 4.17. The van der Waals surface area contributed by atoms with Crippen molar-refractivity contribution >= 4 is 0 Å². The van der Waals surface area contributed by atoms with E-state index in [0.29, 0.717) is 0 Å². The molecule has 1 heteroatoms. The summed E-state index contributed by atoms with van der Waals surface area (Å²) in [5, 5.41) is 3.34. The molecule has 0 aromatic heterocycles. The highest BCUT2D eigenvalue weighted by atomic mass is 14.8. The predicted molar refractivity (Wildman–Crippen MR) is 67.8 cm³/mol. The molecule has 0 saturated heterocycles. The van der Waals surface area contributed by atoms with Gasteiger partial charge in [0.25, 0.3) is 0 Å². The molecule has 1 N–H and O–H groups in total. The van der Waals surface area contributed by atoms with Crippen LogP contribution in [0.1, 0.15) is 57.8 Å². The van der Waals surface area contributed by atoms with Crippen molar-refractivity contribution in [1.82, 2.24) is 5.32 Å². The molecule has 1 rings (SSSR count). The molecule has 86 valence electrons. The van der Waals surface area contributed by atoms with E-state index >= 15 is 0 Å². The molecule has 0 aliphatic carbocycles. The van der Waals surface area contributed by atoms with Crippen LogP contribution in [-0.4, -0.2) is 6.54 Å². The second kappa shape index (κ2) is 9.82. The van der Waals surface area contributed by atoms with Gasteiger partial charge in [-0.05, 0) is 44.7 Å². The van der Waals surface area contributed by atoms with Crippen LogP contribution in [-0.2, 0) is 0 Å². The van der Waals surface area contributed by atoms with Crippen LogP contribution in [0.25, 0.3) is 0 Å². The lowest BCUT2D eigenvalue weighted by Gasteiger charge is -1.98. The molecule has 1 aliphatic heterocycles. The SMILES string of the molecule is C1=CCCCNC=CCCCCCCC1. The molecule has 0 atom stereocenters. The molecule has 0 aromatic carbocycles. The van der Waals surface area contributed by atoms with Gasteiger partial charge in [-0.25, -0.2) is 0 Å². The van der Waals surface area contributed by atoms with Crippen LogP contribution in [0, 0.1) is 0 Å². The number of rotatable bonds is 0. The zero-order chi connectivity index (χ0) is 10.6. The standard InChI is InChI=1S/C14H25N/c1-2-4-6-8-10-12-14-15-13-11-9-7-5-3-1/h5,7,12,14-15H,1-4,6,8-11,13H2. The molecule has 0 bridgehead atoms. The monoisotopic (exact) mass is 207 g/mol. The Morgan fingerprint density at radius 1 is 0.600 bits per heavy atom. The van der Waals surface area contributed by atoms with Gasteiger partial charge in [-0.3, -0.25) is 0 Å². The van der Waals surface area contributed by atoms with Crippen molar-refractivity contribution < 1.29 is 0 Å². The van der Waals surface area contributed by atoms with E-state index in [1.165, 1.54) is 57.8 Å². The molecule has 0 spiro atoms. The van der Waals surface area contributed by atoms with Crippen LogP contribution >= 0.6 is 0 Å². The molecular formula is C14H25N. The summed E-state index contributed by atoms with van der Waals surface area (Å²) in [6, 6.07) is 0. The van der Waals surface area contributed by atoms with Crippen molar-refractivity contribution in [2.75, 3.05) is 6.54 Å². The summed E-state index contributed by atoms with van der Waals surface area (Å²) in [5.41, 5.74) is 0. The van der Waals surface area contributed by atoms with E-state index in [0.717, 1.165) is 6.54 Å². The lowest BCUT2D eigenvalue weighted by molar-refractivity contribution is 0.621. The molecule has 1 aliphatic rings. The Morgan fingerprint density at radius 2 is 1.20 bits per heavy atom. The summed E-state index contributed by atoms with van der Waals surface area (Å²) in [6.07, 6.45) is 21.0. The second-order valence-corrected chi connectivity index (χ2v) is 4.32. The Balaban J connectivity index is 2.15. The fraction of sp³-hybridized carbons (Fsp3) is 0.714. The van der Waals surface area contributed by atoms with Crippen LogP contribution in [0.5, 0.6) is 0 Å². The van der Waals surface area contributed by atoms with Gasteiger partial charge in [-0.15, -0.1) is 0 Å². The van der Waals surface area contributed by atoms with Crippen molar-refractivity contribution in [2.24, 2.45) is 0 Å². The lowest BCUT2D eigenvalue weighted by atomic mass is 10.1. The fourth-order valence-electron chi connectivity index (χ4n) is 1.86. The minimum atomic E-state index is 1.11. The zero-order valence-electron chi connectivity index (χ0n) is 9.88. The van der Waals surface area contributed by atoms with E-state index < -0.39 is 0 Å². The lowest BCUT2D eigenvalue weighted by Crippen LogP contribution is -2.05. The molecule has 0 radical (unpaired) electrons. The van der Waals surface area contributed by atoms with Crippen LogP contribution in [0.2, 0.25) is 0 Å². The van der Waals surface area contributed by atoms with Gasteiger partial charge in [0, 0.05) is 6.54 Å². The molecule has 0 fully saturated rings. The van der Waals surface area contributed by atoms with Crippen molar-refractivity contribution in [1.29, 1.82) is 0 Å². The average Bonchev–Trinajstić information content (AvgIpc) is 2.27. The van der Waals surface area contributed by atoms with Gasteiger partial charge in [0.05, 0.1) is 0 Å². The summed E-state index contributed by atoms with van der Waals surface area (Å²) in [6.45, 7) is 1.11. The highest BCUT2D eigenvalue weighted by molar-refractivity contribution is 4.83. The van der Waals surface area contributed by atoms with Gasteiger partial charge in [0.1, 0.15) is 0 Å². The maximum Gasteiger partial charge on any atom is 0.0144 e. The number of allylic oxidation sites excluding steroid dienone is 3. The van der Waals surface area contributed by atoms with Gasteiger partial charge in [-0.2, -0.15) is 0 Å². The maximum atomic E-state index is 3.34. The molecule has 1 nitrogen and oxygen atoms in total. The first-order valence-electron chi connectivity index (χ1n) is 6.53. The number of nitrogens with one attached hydrogen (secondary N) is 1. The second-order valence-electron chi connectivity index (χ2n) is 4.32. The van der Waals surface area contributed by atoms with Crippen LogP contribution < -0.4 is 5.32 Å². The molecule has 0 aromatic rings. The van der Waals surface area contributed by atoms with E-state index in [1.54, 1.807) is 0 Å². The van der Waals surface area contributed by atoms with Crippen molar-refractivity contribution in [3.05, 3.63) is 24.4 Å². The summed E-state index contributed by atoms with van der Waals surface area (Å²) in [5.74, 6) is 0. The average molecular weight is 207 g/mol. The highest BCUT2D eigenvalue weighted by Crippen LogP contribution is 2.08. The minimum absolute atomic E-state index is 1.11. The Morgan fingerprint density at radius 3 is 2.00 bits per heavy atom. The van der Waals surface area contributed by atoms with Crippen LogP contribution in [0.4, 0.5) is 0 Å². The smallest absolute Gasteiger partial charge is 0.0144 e. The number of hydrogen-bond donors (Lipinski definition) is 1. The summed E-state index contributed by atoms with van der Waals surface area (Å²) >= 11 is 0. The van der Waals surface area contributed by atoms with E-state index in [4.69, 9.17) is 0 Å². The van der Waals surface area contributed by atoms with Gasteiger partial charge in [0.15, 0.2) is 0 Å². The van der Waals surface area contributed by atoms with Crippen molar-refractivity contribution in [3.8, 4) is 0 Å². The third-order valence-electron chi connectivity index (χ3n) is 2.84. The summed E-state index contributed by atoms with van der Waals surface area (Å²) in [7, 11) is 0. The van der Waals surface area contributed by atoms with Gasteiger partial charge in [-0.1, -0.05) is 37.5 Å². The largest absolute Gasteiger partial charge is 0.391 e. The van der Waals surface area contributed by atoms with E-state index in [-0.39, 0.29) is 0 Å². The quantitative estimate of drug-likeness (QED) is 0.588. The van der Waals surface area contributed by atoms with Gasteiger partial charge >= 0.3 is 0 Å². The minimum Gasteiger partial charge on any atom is -0.391 e. The van der Waals surface area contributed by atoms with Crippen molar-refractivity contribution in [2.45, 2.75) is 57.8 Å². The van der Waals surface area contributed by atoms with E-state index in [1.807, 2.05) is 0 Å². The van der Waals surface area contributed by atoms with Gasteiger partial charge < -0.3 is 5.32 Å². The van der Waals surface area contributed by atoms with Crippen molar-refractivity contribution in [3.63, 3.8) is 0 Å². The van der Waals surface area contributed by atoms with Crippen LogP contribution in [0.15, 0.2) is 24.4 Å². The normalized spacial score (nSPS) is 21.3.